The summed E-state index contributed by atoms with van der Waals surface area (Å²) in [5.74, 6) is 0.422. The number of benzene rings is 3. The Kier molecular flexibility index (Phi) is 7.68. The van der Waals surface area contributed by atoms with Crippen LogP contribution in [0.4, 0.5) is 5.69 Å². The van der Waals surface area contributed by atoms with E-state index in [0.29, 0.717) is 22.3 Å². The number of non-ortho nitro benzene ring substituents is 1. The summed E-state index contributed by atoms with van der Waals surface area (Å²) in [6.07, 6.45) is 0. The fourth-order valence-corrected chi connectivity index (χ4v) is 4.17. The summed E-state index contributed by atoms with van der Waals surface area (Å²) in [6.45, 7) is 1.71. The van der Waals surface area contributed by atoms with Gasteiger partial charge in [-0.15, -0.1) is 10.2 Å². The number of nitro groups is 1. The van der Waals surface area contributed by atoms with Crippen LogP contribution < -0.4 is 5.43 Å². The molecule has 1 N–H and O–H groups in total. The Hall–Kier alpha value is -3.83. The van der Waals surface area contributed by atoms with Gasteiger partial charge < -0.3 is 0 Å². The van der Waals surface area contributed by atoms with Gasteiger partial charge in [-0.1, -0.05) is 58.0 Å². The first-order chi connectivity index (χ1) is 16.9. The average Bonchev–Trinajstić information content (AvgIpc) is 3.31. The van der Waals surface area contributed by atoms with Gasteiger partial charge in [0.15, 0.2) is 11.0 Å². The van der Waals surface area contributed by atoms with E-state index in [4.69, 9.17) is 0 Å². The number of rotatable bonds is 8. The predicted molar refractivity (Wildman–Crippen MR) is 139 cm³/mol. The molecule has 0 spiro atoms. The average molecular weight is 551 g/mol. The lowest BCUT2D eigenvalue weighted by Gasteiger charge is -2.10. The maximum atomic E-state index is 12.5. The molecule has 1 heterocycles. The number of thioether (sulfide) groups is 1. The second-order valence-corrected chi connectivity index (χ2v) is 9.17. The molecule has 0 aliphatic rings. The number of halogens is 1. The molecule has 0 fully saturated rings. The van der Waals surface area contributed by atoms with Crippen LogP contribution in [0.15, 0.2) is 93.6 Å². The largest absolute Gasteiger partial charge is 0.272 e. The zero-order valence-electron chi connectivity index (χ0n) is 18.5. The van der Waals surface area contributed by atoms with Gasteiger partial charge in [0.2, 0.25) is 0 Å². The van der Waals surface area contributed by atoms with E-state index in [9.17, 15) is 14.9 Å². The maximum absolute atomic E-state index is 12.5. The van der Waals surface area contributed by atoms with Crippen LogP contribution in [0.2, 0.25) is 0 Å². The van der Waals surface area contributed by atoms with Crippen molar-refractivity contribution in [1.29, 1.82) is 0 Å². The summed E-state index contributed by atoms with van der Waals surface area (Å²) < 4.78 is 2.86. The van der Waals surface area contributed by atoms with Gasteiger partial charge in [0.1, 0.15) is 0 Å². The summed E-state index contributed by atoms with van der Waals surface area (Å²) in [4.78, 5) is 22.8. The van der Waals surface area contributed by atoms with E-state index < -0.39 is 4.92 Å². The number of hydrogen-bond donors (Lipinski definition) is 1. The van der Waals surface area contributed by atoms with Crippen molar-refractivity contribution in [3.05, 3.63) is 99.0 Å². The van der Waals surface area contributed by atoms with Crippen molar-refractivity contribution in [2.24, 2.45) is 5.10 Å². The lowest BCUT2D eigenvalue weighted by molar-refractivity contribution is -0.384. The molecule has 4 rings (SSSR count). The van der Waals surface area contributed by atoms with Gasteiger partial charge in [-0.25, -0.2) is 5.43 Å². The first-order valence-corrected chi connectivity index (χ1v) is 12.2. The van der Waals surface area contributed by atoms with E-state index >= 15 is 0 Å². The number of hydrogen-bond acceptors (Lipinski definition) is 7. The zero-order chi connectivity index (χ0) is 24.8. The van der Waals surface area contributed by atoms with E-state index in [0.717, 1.165) is 15.7 Å². The Bertz CT molecular complexity index is 1370. The summed E-state index contributed by atoms with van der Waals surface area (Å²) >= 11 is 4.70. The molecule has 176 valence electrons. The molecule has 0 aliphatic heterocycles. The predicted octanol–water partition coefficient (Wildman–Crippen LogP) is 5.24. The minimum absolute atomic E-state index is 0.00765. The SMILES string of the molecule is C/C(=N/NC(=O)CSc1nnc(-c2ccccc2)n1-c1ccc(Br)cc1)c1ccc([N+](=O)[O-])cc1. The number of hydrazone groups is 1. The fourth-order valence-electron chi connectivity index (χ4n) is 3.16. The zero-order valence-corrected chi connectivity index (χ0v) is 20.9. The number of nitro benzene ring substituents is 1. The van der Waals surface area contributed by atoms with E-state index in [2.05, 4.69) is 36.7 Å². The van der Waals surface area contributed by atoms with Crippen LogP contribution in [0.25, 0.3) is 17.1 Å². The Morgan fingerprint density at radius 2 is 1.74 bits per heavy atom. The summed E-state index contributed by atoms with van der Waals surface area (Å²) in [5.41, 5.74) is 5.49. The van der Waals surface area contributed by atoms with E-state index in [-0.39, 0.29) is 17.3 Å². The molecule has 11 heteroatoms. The fraction of sp³-hybridized carbons (Fsp3) is 0.0833. The smallest absolute Gasteiger partial charge is 0.269 e. The van der Waals surface area contributed by atoms with Crippen molar-refractivity contribution in [2.75, 3.05) is 5.75 Å². The first-order valence-electron chi connectivity index (χ1n) is 10.4. The monoisotopic (exact) mass is 550 g/mol. The van der Waals surface area contributed by atoms with Crippen LogP contribution in [0.3, 0.4) is 0 Å². The number of nitrogens with one attached hydrogen (secondary N) is 1. The number of amides is 1. The molecule has 0 saturated carbocycles. The quantitative estimate of drug-likeness (QED) is 0.139. The topological polar surface area (TPSA) is 115 Å². The van der Waals surface area contributed by atoms with Crippen molar-refractivity contribution in [2.45, 2.75) is 12.1 Å². The van der Waals surface area contributed by atoms with Gasteiger partial charge in [0.05, 0.1) is 16.4 Å². The Balaban J connectivity index is 1.48. The van der Waals surface area contributed by atoms with Gasteiger partial charge in [-0.2, -0.15) is 5.10 Å². The number of nitrogens with zero attached hydrogens (tertiary/aromatic N) is 5. The third-order valence-corrected chi connectivity index (χ3v) is 6.38. The van der Waals surface area contributed by atoms with E-state index in [1.165, 1.54) is 23.9 Å². The summed E-state index contributed by atoms with van der Waals surface area (Å²) in [7, 11) is 0. The molecule has 0 bridgehead atoms. The van der Waals surface area contributed by atoms with Gasteiger partial charge in [0, 0.05) is 27.9 Å². The lowest BCUT2D eigenvalue weighted by Crippen LogP contribution is -2.21. The Morgan fingerprint density at radius 3 is 2.40 bits per heavy atom. The van der Waals surface area contributed by atoms with Crippen LogP contribution in [0.1, 0.15) is 12.5 Å². The Morgan fingerprint density at radius 1 is 1.06 bits per heavy atom. The molecule has 1 aromatic heterocycles. The molecule has 0 atom stereocenters. The van der Waals surface area contributed by atoms with Crippen molar-refractivity contribution in [3.63, 3.8) is 0 Å². The third-order valence-electron chi connectivity index (χ3n) is 4.93. The molecule has 3 aromatic carbocycles. The molecule has 1 amide bonds. The molecule has 0 radical (unpaired) electrons. The van der Waals surface area contributed by atoms with E-state index in [1.807, 2.05) is 59.2 Å². The molecule has 4 aromatic rings. The first kappa shape index (κ1) is 24.3. The van der Waals surface area contributed by atoms with Crippen molar-refractivity contribution >= 4 is 45.0 Å². The van der Waals surface area contributed by atoms with Crippen molar-refractivity contribution in [1.82, 2.24) is 20.2 Å². The minimum atomic E-state index is -0.467. The van der Waals surface area contributed by atoms with Crippen LogP contribution in [-0.2, 0) is 4.79 Å². The number of carbonyl (C=O) groups excluding carboxylic acids is 1. The highest BCUT2D eigenvalue weighted by atomic mass is 79.9. The second kappa shape index (κ2) is 11.1. The van der Waals surface area contributed by atoms with E-state index in [1.54, 1.807) is 19.1 Å². The molecular weight excluding hydrogens is 532 g/mol. The molecular formula is C24H19BrN6O3S. The third kappa shape index (κ3) is 6.00. The van der Waals surface area contributed by atoms with Crippen LogP contribution >= 0.6 is 27.7 Å². The number of carbonyl (C=O) groups is 1. The van der Waals surface area contributed by atoms with Crippen molar-refractivity contribution < 1.29 is 9.72 Å². The van der Waals surface area contributed by atoms with Crippen molar-refractivity contribution in [3.8, 4) is 17.1 Å². The molecule has 0 aliphatic carbocycles. The number of aromatic nitrogens is 3. The lowest BCUT2D eigenvalue weighted by atomic mass is 10.1. The Labute approximate surface area is 213 Å². The highest BCUT2D eigenvalue weighted by molar-refractivity contribution is 9.10. The molecule has 0 saturated heterocycles. The van der Waals surface area contributed by atoms with Gasteiger partial charge >= 0.3 is 0 Å². The second-order valence-electron chi connectivity index (χ2n) is 7.31. The molecule has 0 unspecified atom stereocenters. The summed E-state index contributed by atoms with van der Waals surface area (Å²) in [6, 6.07) is 23.4. The van der Waals surface area contributed by atoms with Crippen LogP contribution in [-0.4, -0.2) is 37.1 Å². The van der Waals surface area contributed by atoms with Crippen LogP contribution in [0, 0.1) is 10.1 Å². The van der Waals surface area contributed by atoms with Gasteiger partial charge in [-0.3, -0.25) is 19.5 Å². The minimum Gasteiger partial charge on any atom is -0.272 e. The standard InChI is InChI=1S/C24H19BrN6O3S/c1-16(17-7-11-21(12-8-17)31(33)34)26-27-22(32)15-35-24-29-28-23(18-5-3-2-4-6-18)30(24)20-13-9-19(25)10-14-20/h2-14H,15H2,1H3,(H,27,32)/b26-16-. The summed E-state index contributed by atoms with van der Waals surface area (Å²) in [5, 5.41) is 24.2. The van der Waals surface area contributed by atoms with Crippen LogP contribution in [0.5, 0.6) is 0 Å². The molecule has 35 heavy (non-hydrogen) atoms. The van der Waals surface area contributed by atoms with Gasteiger partial charge in [0.25, 0.3) is 11.6 Å². The highest BCUT2D eigenvalue weighted by Crippen LogP contribution is 2.28. The highest BCUT2D eigenvalue weighted by Gasteiger charge is 2.17. The molecule has 9 nitrogen and oxygen atoms in total. The van der Waals surface area contributed by atoms with Gasteiger partial charge in [-0.05, 0) is 48.9 Å². The normalized spacial score (nSPS) is 11.3. The maximum Gasteiger partial charge on any atom is 0.269 e.